The fraction of sp³-hybridized carbons (Fsp3) is 0.571. The summed E-state index contributed by atoms with van der Waals surface area (Å²) >= 11 is 0. The lowest BCUT2D eigenvalue weighted by Gasteiger charge is -2.15. The standard InChI is InChI=1S/C21H34N2/c1-6-9-10-19(7-2)12-11-17(4)20-13-15-21(16-14-20)23-18(5)22-8-3/h13-16,19H,4,6-12H2,1-3,5H3,(H,22,23). The number of aliphatic imine (C=N–C) groups is 1. The lowest BCUT2D eigenvalue weighted by molar-refractivity contribution is 0.427. The van der Waals surface area contributed by atoms with Gasteiger partial charge in [-0.05, 0) is 55.9 Å². The van der Waals surface area contributed by atoms with Crippen LogP contribution in [0.25, 0.3) is 5.57 Å². The maximum Gasteiger partial charge on any atom is 0.0975 e. The van der Waals surface area contributed by atoms with Crippen LogP contribution in [0.4, 0.5) is 5.69 Å². The molecule has 0 bridgehead atoms. The van der Waals surface area contributed by atoms with Gasteiger partial charge in [-0.1, -0.05) is 58.2 Å². The van der Waals surface area contributed by atoms with Gasteiger partial charge in [0.15, 0.2) is 0 Å². The molecule has 1 rings (SSSR count). The van der Waals surface area contributed by atoms with Crippen molar-refractivity contribution in [3.8, 4) is 0 Å². The Morgan fingerprint density at radius 3 is 2.39 bits per heavy atom. The molecule has 0 fully saturated rings. The molecule has 0 aliphatic rings. The van der Waals surface area contributed by atoms with E-state index in [0.29, 0.717) is 0 Å². The van der Waals surface area contributed by atoms with Crippen LogP contribution in [0.3, 0.4) is 0 Å². The number of hydrogen-bond acceptors (Lipinski definition) is 1. The van der Waals surface area contributed by atoms with Crippen LogP contribution in [0.1, 0.15) is 71.8 Å². The highest BCUT2D eigenvalue weighted by atomic mass is 15.0. The van der Waals surface area contributed by atoms with Gasteiger partial charge in [-0.3, -0.25) is 4.99 Å². The van der Waals surface area contributed by atoms with Crippen molar-refractivity contribution in [1.82, 2.24) is 0 Å². The molecule has 1 aromatic rings. The van der Waals surface area contributed by atoms with E-state index in [1.165, 1.54) is 43.2 Å². The fourth-order valence-electron chi connectivity index (χ4n) is 2.84. The van der Waals surface area contributed by atoms with E-state index in [9.17, 15) is 0 Å². The van der Waals surface area contributed by atoms with Crippen LogP contribution in [-0.2, 0) is 0 Å². The topological polar surface area (TPSA) is 24.4 Å². The lowest BCUT2D eigenvalue weighted by atomic mass is 9.91. The van der Waals surface area contributed by atoms with Crippen molar-refractivity contribution in [3.63, 3.8) is 0 Å². The Morgan fingerprint density at radius 2 is 1.83 bits per heavy atom. The molecule has 0 aliphatic carbocycles. The first-order valence-corrected chi connectivity index (χ1v) is 9.16. The van der Waals surface area contributed by atoms with E-state index >= 15 is 0 Å². The zero-order chi connectivity index (χ0) is 17.1. The number of amidine groups is 1. The largest absolute Gasteiger partial charge is 0.344 e. The van der Waals surface area contributed by atoms with Crippen molar-refractivity contribution >= 4 is 17.1 Å². The summed E-state index contributed by atoms with van der Waals surface area (Å²) in [5.74, 6) is 1.81. The number of anilines is 1. The molecule has 128 valence electrons. The molecule has 0 saturated heterocycles. The van der Waals surface area contributed by atoms with Crippen LogP contribution in [-0.4, -0.2) is 12.4 Å². The summed E-state index contributed by atoms with van der Waals surface area (Å²) in [6.45, 7) is 13.7. The molecule has 0 spiro atoms. The molecule has 0 amide bonds. The fourth-order valence-corrected chi connectivity index (χ4v) is 2.84. The second-order valence-electron chi connectivity index (χ2n) is 6.32. The maximum absolute atomic E-state index is 4.35. The third-order valence-electron chi connectivity index (χ3n) is 4.41. The first-order chi connectivity index (χ1) is 11.1. The average Bonchev–Trinajstić information content (AvgIpc) is 2.55. The summed E-state index contributed by atoms with van der Waals surface area (Å²) in [5.41, 5.74) is 3.60. The molecule has 2 nitrogen and oxygen atoms in total. The Hall–Kier alpha value is -1.57. The minimum absolute atomic E-state index is 0.810. The molecule has 23 heavy (non-hydrogen) atoms. The van der Waals surface area contributed by atoms with E-state index < -0.39 is 0 Å². The van der Waals surface area contributed by atoms with Crippen LogP contribution in [0.5, 0.6) is 0 Å². The third kappa shape index (κ3) is 7.49. The molecule has 2 heteroatoms. The SMILES string of the molecule is C=C(CCC(CC)CCCC)c1ccc(NC(C)=NCC)cc1. The zero-order valence-electron chi connectivity index (χ0n) is 15.5. The van der Waals surface area contributed by atoms with Crippen LogP contribution in [0.15, 0.2) is 35.8 Å². The highest BCUT2D eigenvalue weighted by Crippen LogP contribution is 2.25. The quantitative estimate of drug-likeness (QED) is 0.384. The van der Waals surface area contributed by atoms with Gasteiger partial charge in [0, 0.05) is 12.2 Å². The Bertz CT molecular complexity index is 485. The molecule has 0 saturated carbocycles. The van der Waals surface area contributed by atoms with Gasteiger partial charge in [0.05, 0.1) is 5.84 Å². The summed E-state index contributed by atoms with van der Waals surface area (Å²) < 4.78 is 0. The second kappa shape index (κ2) is 11.0. The van der Waals surface area contributed by atoms with Crippen molar-refractivity contribution in [2.24, 2.45) is 10.9 Å². The van der Waals surface area contributed by atoms with Gasteiger partial charge in [-0.2, -0.15) is 0 Å². The molecular weight excluding hydrogens is 280 g/mol. The predicted molar refractivity (Wildman–Crippen MR) is 105 cm³/mol. The van der Waals surface area contributed by atoms with Crippen molar-refractivity contribution in [2.45, 2.75) is 66.2 Å². The van der Waals surface area contributed by atoms with Crippen molar-refractivity contribution in [3.05, 3.63) is 36.4 Å². The number of benzene rings is 1. The van der Waals surface area contributed by atoms with E-state index in [1.807, 2.05) is 13.8 Å². The normalized spacial score (nSPS) is 13.0. The van der Waals surface area contributed by atoms with Gasteiger partial charge in [0.25, 0.3) is 0 Å². The second-order valence-corrected chi connectivity index (χ2v) is 6.32. The summed E-state index contributed by atoms with van der Waals surface area (Å²) in [4.78, 5) is 4.35. The summed E-state index contributed by atoms with van der Waals surface area (Å²) in [6, 6.07) is 8.56. The molecule has 0 radical (unpaired) electrons. The predicted octanol–water partition coefficient (Wildman–Crippen LogP) is 6.55. The molecular formula is C21H34N2. The van der Waals surface area contributed by atoms with Gasteiger partial charge in [0.2, 0.25) is 0 Å². The Labute approximate surface area is 143 Å². The van der Waals surface area contributed by atoms with Crippen molar-refractivity contribution in [1.29, 1.82) is 0 Å². The van der Waals surface area contributed by atoms with Gasteiger partial charge < -0.3 is 5.32 Å². The minimum Gasteiger partial charge on any atom is -0.344 e. The Kier molecular flexibility index (Phi) is 9.35. The Balaban J connectivity index is 2.52. The first-order valence-electron chi connectivity index (χ1n) is 9.16. The number of unbranched alkanes of at least 4 members (excludes halogenated alkanes) is 1. The molecule has 1 N–H and O–H groups in total. The molecule has 0 aliphatic heterocycles. The molecule has 1 atom stereocenters. The summed E-state index contributed by atoms with van der Waals surface area (Å²) in [5, 5.41) is 3.31. The van der Waals surface area contributed by atoms with Gasteiger partial charge in [-0.15, -0.1) is 0 Å². The third-order valence-corrected chi connectivity index (χ3v) is 4.41. The Morgan fingerprint density at radius 1 is 1.13 bits per heavy atom. The summed E-state index contributed by atoms with van der Waals surface area (Å²) in [6.07, 6.45) is 7.66. The molecule has 1 unspecified atom stereocenters. The van der Waals surface area contributed by atoms with E-state index in [0.717, 1.165) is 30.4 Å². The number of rotatable bonds is 10. The monoisotopic (exact) mass is 314 g/mol. The van der Waals surface area contributed by atoms with Crippen LogP contribution in [0.2, 0.25) is 0 Å². The molecule has 0 aromatic heterocycles. The van der Waals surface area contributed by atoms with Crippen LogP contribution < -0.4 is 5.32 Å². The van der Waals surface area contributed by atoms with Crippen molar-refractivity contribution in [2.75, 3.05) is 11.9 Å². The van der Waals surface area contributed by atoms with Crippen LogP contribution >= 0.6 is 0 Å². The van der Waals surface area contributed by atoms with Gasteiger partial charge in [0.1, 0.15) is 0 Å². The van der Waals surface area contributed by atoms with Gasteiger partial charge >= 0.3 is 0 Å². The van der Waals surface area contributed by atoms with Crippen molar-refractivity contribution < 1.29 is 0 Å². The highest BCUT2D eigenvalue weighted by molar-refractivity contribution is 5.93. The average molecular weight is 315 g/mol. The van der Waals surface area contributed by atoms with E-state index in [2.05, 4.69) is 55.0 Å². The summed E-state index contributed by atoms with van der Waals surface area (Å²) in [7, 11) is 0. The number of hydrogen-bond donors (Lipinski definition) is 1. The first kappa shape index (κ1) is 19.5. The van der Waals surface area contributed by atoms with E-state index in [-0.39, 0.29) is 0 Å². The maximum atomic E-state index is 4.35. The van der Waals surface area contributed by atoms with Gasteiger partial charge in [-0.25, -0.2) is 0 Å². The number of nitrogens with zero attached hydrogens (tertiary/aromatic N) is 1. The van der Waals surface area contributed by atoms with E-state index in [4.69, 9.17) is 0 Å². The van der Waals surface area contributed by atoms with E-state index in [1.54, 1.807) is 0 Å². The highest BCUT2D eigenvalue weighted by Gasteiger charge is 2.08. The van der Waals surface area contributed by atoms with Crippen LogP contribution in [0, 0.1) is 5.92 Å². The molecule has 1 aromatic carbocycles. The number of allylic oxidation sites excluding steroid dienone is 1. The minimum atomic E-state index is 0.810. The smallest absolute Gasteiger partial charge is 0.0975 e. The number of nitrogens with one attached hydrogen (secondary N) is 1. The molecule has 0 heterocycles. The zero-order valence-corrected chi connectivity index (χ0v) is 15.5. The lowest BCUT2D eigenvalue weighted by Crippen LogP contribution is -2.07.